The second-order valence-corrected chi connectivity index (χ2v) is 1.27. The molecule has 0 amide bonds. The molecule has 0 atom stereocenters. The van der Waals surface area contributed by atoms with Gasteiger partial charge in [-0.2, -0.15) is 4.79 Å². The van der Waals surface area contributed by atoms with Gasteiger partial charge in [0.15, 0.2) is 0 Å². The average Bonchev–Trinajstić information content (AvgIpc) is 1.91. The average molecular weight is 139 g/mol. The summed E-state index contributed by atoms with van der Waals surface area (Å²) in [4.78, 5) is 0.926. The van der Waals surface area contributed by atoms with E-state index in [-0.39, 0.29) is 34.7 Å². The van der Waals surface area contributed by atoms with E-state index in [9.17, 15) is 0 Å². The smallest absolute Gasteiger partial charge is 0.736 e. The summed E-state index contributed by atoms with van der Waals surface area (Å²) in [5, 5.41) is 9.90. The van der Waals surface area contributed by atoms with E-state index in [1.165, 1.54) is 0 Å². The number of rotatable bonds is 0. The summed E-state index contributed by atoms with van der Waals surface area (Å²) < 4.78 is 0. The maximum Gasteiger partial charge on any atom is 1.00 e. The molecule has 0 bridgehead atoms. The van der Waals surface area contributed by atoms with Crippen molar-refractivity contribution in [2.45, 2.75) is 5.16 Å². The van der Waals surface area contributed by atoms with Gasteiger partial charge in [-0.05, 0) is 10.4 Å². The van der Waals surface area contributed by atoms with Crippen molar-refractivity contribution in [1.29, 1.82) is 0 Å². The van der Waals surface area contributed by atoms with Crippen LogP contribution in [0.15, 0.2) is 5.16 Å². The maximum absolute atomic E-state index is 5.02. The Morgan fingerprint density at radius 1 is 1.62 bits per heavy atom. The monoisotopic (exact) mass is 139 g/mol. The van der Waals surface area contributed by atoms with Crippen molar-refractivity contribution in [2.75, 3.05) is 5.84 Å². The van der Waals surface area contributed by atoms with Gasteiger partial charge in [0.25, 0.3) is 0 Å². The van der Waals surface area contributed by atoms with Crippen LogP contribution in [0, 0.1) is 0 Å². The van der Waals surface area contributed by atoms with Gasteiger partial charge in [-0.25, -0.2) is 0 Å². The second-order valence-electron chi connectivity index (χ2n) is 0.906. The van der Waals surface area contributed by atoms with Crippen molar-refractivity contribution in [3.63, 3.8) is 0 Å². The zero-order valence-corrected chi connectivity index (χ0v) is 7.09. The Morgan fingerprint density at radius 3 is 2.38 bits per heavy atom. The zero-order valence-electron chi connectivity index (χ0n) is 4.27. The summed E-state index contributed by atoms with van der Waals surface area (Å²) in [5.41, 5.74) is 0. The minimum atomic E-state index is 0. The van der Waals surface area contributed by atoms with Gasteiger partial charge in [0.2, 0.25) is 0 Å². The molecule has 0 saturated carbocycles. The molecular formula is CH2N5NaS. The molecule has 7 heteroatoms. The second kappa shape index (κ2) is 3.18. The standard InChI is InChI=1S/CH3N5S.Na/c2-6-1(7)3-4-5-6;/h2H2,(H,3,5,7);/q;+1/p-1. The van der Waals surface area contributed by atoms with Crippen LogP contribution in [0.3, 0.4) is 0 Å². The quantitative estimate of drug-likeness (QED) is 0.222. The topological polar surface area (TPSA) is 69.6 Å². The summed E-state index contributed by atoms with van der Waals surface area (Å²) >= 11 is 4.49. The van der Waals surface area contributed by atoms with Crippen LogP contribution in [0.1, 0.15) is 0 Å². The molecular weight excluding hydrogens is 137 g/mol. The number of aromatic nitrogens is 4. The van der Waals surface area contributed by atoms with E-state index < -0.39 is 0 Å². The van der Waals surface area contributed by atoms with E-state index in [2.05, 4.69) is 28.2 Å². The van der Waals surface area contributed by atoms with Gasteiger partial charge in [0.05, 0.1) is 5.16 Å². The minimum absolute atomic E-state index is 0. The SMILES string of the molecule is Nn1nnnc1[S-].[Na+]. The van der Waals surface area contributed by atoms with Crippen LogP contribution >= 0.6 is 0 Å². The fourth-order valence-electron chi connectivity index (χ4n) is 0.185. The van der Waals surface area contributed by atoms with Gasteiger partial charge in [-0.3, -0.25) is 0 Å². The van der Waals surface area contributed by atoms with Gasteiger partial charge in [-0.1, -0.05) is 0 Å². The third-order valence-corrected chi connectivity index (χ3v) is 0.731. The summed E-state index contributed by atoms with van der Waals surface area (Å²) in [5.74, 6) is 5.02. The molecule has 2 N–H and O–H groups in total. The van der Waals surface area contributed by atoms with Gasteiger partial charge in [0.1, 0.15) is 0 Å². The molecule has 5 nitrogen and oxygen atoms in total. The Hall–Kier alpha value is 0.0900. The van der Waals surface area contributed by atoms with Crippen LogP contribution in [-0.2, 0) is 12.6 Å². The molecule has 0 aliphatic rings. The van der Waals surface area contributed by atoms with Crippen molar-refractivity contribution in [1.82, 2.24) is 20.3 Å². The predicted molar refractivity (Wildman–Crippen MR) is 23.6 cm³/mol. The number of tetrazole rings is 1. The molecule has 0 aliphatic heterocycles. The molecule has 0 saturated heterocycles. The van der Waals surface area contributed by atoms with Crippen LogP contribution < -0.4 is 35.4 Å². The van der Waals surface area contributed by atoms with Gasteiger partial charge < -0.3 is 18.5 Å². The van der Waals surface area contributed by atoms with Gasteiger partial charge in [0, 0.05) is 0 Å². The first-order chi connectivity index (χ1) is 3.30. The Morgan fingerprint density at radius 2 is 2.25 bits per heavy atom. The predicted octanol–water partition coefficient (Wildman–Crippen LogP) is -4.70. The van der Waals surface area contributed by atoms with E-state index in [1.54, 1.807) is 0 Å². The first-order valence-corrected chi connectivity index (χ1v) is 1.92. The van der Waals surface area contributed by atoms with Crippen LogP contribution in [0.5, 0.6) is 0 Å². The molecule has 0 radical (unpaired) electrons. The zero-order chi connectivity index (χ0) is 5.28. The maximum atomic E-state index is 5.02. The fourth-order valence-corrected chi connectivity index (χ4v) is 0.258. The molecule has 0 fully saturated rings. The summed E-state index contributed by atoms with van der Waals surface area (Å²) in [6, 6.07) is 0. The molecule has 1 rings (SSSR count). The van der Waals surface area contributed by atoms with Crippen molar-refractivity contribution in [3.05, 3.63) is 0 Å². The largest absolute Gasteiger partial charge is 1.00 e. The van der Waals surface area contributed by atoms with Crippen molar-refractivity contribution in [2.24, 2.45) is 0 Å². The molecule has 1 aromatic rings. The molecule has 1 heterocycles. The number of hydrogen-bond acceptors (Lipinski definition) is 5. The van der Waals surface area contributed by atoms with Crippen molar-refractivity contribution < 1.29 is 29.6 Å². The van der Waals surface area contributed by atoms with Crippen molar-refractivity contribution in [3.8, 4) is 0 Å². The van der Waals surface area contributed by atoms with E-state index in [0.29, 0.717) is 0 Å². The molecule has 38 valence electrons. The summed E-state index contributed by atoms with van der Waals surface area (Å²) in [7, 11) is 0. The summed E-state index contributed by atoms with van der Waals surface area (Å²) in [6.45, 7) is 0. The van der Waals surface area contributed by atoms with E-state index in [4.69, 9.17) is 5.84 Å². The minimum Gasteiger partial charge on any atom is -0.736 e. The van der Waals surface area contributed by atoms with Crippen LogP contribution in [-0.4, -0.2) is 20.3 Å². The Balaban J connectivity index is 0.000000490. The fraction of sp³-hybridized carbons (Fsp3) is 0. The number of nitrogens with zero attached hydrogens (tertiary/aromatic N) is 4. The van der Waals surface area contributed by atoms with Crippen molar-refractivity contribution >= 4 is 12.6 Å². The Kier molecular flexibility index (Phi) is 3.22. The van der Waals surface area contributed by atoms with E-state index in [1.807, 2.05) is 0 Å². The molecule has 0 spiro atoms. The summed E-state index contributed by atoms with van der Waals surface area (Å²) in [6.07, 6.45) is 0. The molecule has 0 aliphatic carbocycles. The van der Waals surface area contributed by atoms with Crippen LogP contribution in [0.4, 0.5) is 0 Å². The van der Waals surface area contributed by atoms with Crippen LogP contribution in [0.25, 0.3) is 0 Å². The third kappa shape index (κ3) is 1.55. The molecule has 0 unspecified atom stereocenters. The number of hydrogen-bond donors (Lipinski definition) is 1. The molecule has 1 aromatic heterocycles. The third-order valence-electron chi connectivity index (χ3n) is 0.463. The van der Waals surface area contributed by atoms with E-state index >= 15 is 0 Å². The molecule has 8 heavy (non-hydrogen) atoms. The van der Waals surface area contributed by atoms with Gasteiger partial charge in [-0.15, -0.1) is 5.10 Å². The number of nitrogens with two attached hydrogens (primary N) is 1. The number of nitrogen functional groups attached to an aromatic ring is 1. The normalized spacial score (nSPS) is 8.00. The Labute approximate surface area is 73.3 Å². The molecule has 0 aromatic carbocycles. The van der Waals surface area contributed by atoms with E-state index in [0.717, 1.165) is 4.79 Å². The first kappa shape index (κ1) is 8.09. The van der Waals surface area contributed by atoms with Crippen LogP contribution in [0.2, 0.25) is 0 Å². The first-order valence-electron chi connectivity index (χ1n) is 1.51. The van der Waals surface area contributed by atoms with Gasteiger partial charge >= 0.3 is 29.6 Å². The Bertz CT molecular complexity index is 145.